The predicted molar refractivity (Wildman–Crippen MR) is 77.0 cm³/mol. The number of alkyl halides is 1. The van der Waals surface area contributed by atoms with Crippen molar-refractivity contribution >= 4 is 21.6 Å². The van der Waals surface area contributed by atoms with Crippen molar-refractivity contribution in [2.24, 2.45) is 5.41 Å². The lowest BCUT2D eigenvalue weighted by molar-refractivity contribution is 0.175. The second-order valence-corrected chi connectivity index (χ2v) is 6.36. The van der Waals surface area contributed by atoms with E-state index >= 15 is 0 Å². The smallest absolute Gasteiger partial charge is 0.0402 e. The third kappa shape index (κ3) is 1.91. The standard InChI is InChI=1S/C15H20BrN/c1-12-9-13-5-2-3-6-14(13)17(12)11-15(10-16)7-4-8-15/h2-3,5-6,12H,4,7-11H2,1H3. The van der Waals surface area contributed by atoms with E-state index in [0.29, 0.717) is 11.5 Å². The van der Waals surface area contributed by atoms with Crippen LogP contribution in [0.5, 0.6) is 0 Å². The first kappa shape index (κ1) is 11.6. The summed E-state index contributed by atoms with van der Waals surface area (Å²) in [6, 6.07) is 9.58. The van der Waals surface area contributed by atoms with Crippen molar-refractivity contribution in [2.75, 3.05) is 16.8 Å². The van der Waals surface area contributed by atoms with Crippen molar-refractivity contribution in [3.05, 3.63) is 29.8 Å². The summed E-state index contributed by atoms with van der Waals surface area (Å²) < 4.78 is 0. The van der Waals surface area contributed by atoms with Crippen LogP contribution in [0.3, 0.4) is 0 Å². The van der Waals surface area contributed by atoms with E-state index in [0.717, 1.165) is 5.33 Å². The number of para-hydroxylation sites is 1. The summed E-state index contributed by atoms with van der Waals surface area (Å²) in [6.07, 6.45) is 5.41. The van der Waals surface area contributed by atoms with Gasteiger partial charge < -0.3 is 4.90 Å². The first-order chi connectivity index (χ1) is 8.24. The number of hydrogen-bond donors (Lipinski definition) is 0. The molecule has 1 aliphatic heterocycles. The number of rotatable bonds is 3. The molecule has 2 aliphatic rings. The molecular weight excluding hydrogens is 274 g/mol. The first-order valence-corrected chi connectivity index (χ1v) is 7.77. The Morgan fingerprint density at radius 3 is 2.76 bits per heavy atom. The minimum absolute atomic E-state index is 0.547. The predicted octanol–water partition coefficient (Wildman–Crippen LogP) is 4.00. The maximum Gasteiger partial charge on any atom is 0.0402 e. The molecule has 0 N–H and O–H groups in total. The van der Waals surface area contributed by atoms with Gasteiger partial charge in [0.05, 0.1) is 0 Å². The first-order valence-electron chi connectivity index (χ1n) is 6.65. The summed E-state index contributed by atoms with van der Waals surface area (Å²) in [5, 5.41) is 1.16. The molecule has 1 aromatic rings. The van der Waals surface area contributed by atoms with Crippen molar-refractivity contribution in [2.45, 2.75) is 38.6 Å². The largest absolute Gasteiger partial charge is 0.368 e. The molecule has 17 heavy (non-hydrogen) atoms. The van der Waals surface area contributed by atoms with Crippen LogP contribution in [0, 0.1) is 5.41 Å². The monoisotopic (exact) mass is 293 g/mol. The molecule has 3 rings (SSSR count). The second kappa shape index (κ2) is 4.31. The van der Waals surface area contributed by atoms with Crippen LogP contribution in [0.2, 0.25) is 0 Å². The molecule has 2 heteroatoms. The quantitative estimate of drug-likeness (QED) is 0.762. The van der Waals surface area contributed by atoms with Crippen molar-refractivity contribution in [1.29, 1.82) is 0 Å². The molecule has 0 aromatic heterocycles. The lowest BCUT2D eigenvalue weighted by Crippen LogP contribution is -2.45. The van der Waals surface area contributed by atoms with Gasteiger partial charge in [-0.05, 0) is 43.2 Å². The molecule has 1 fully saturated rings. The van der Waals surface area contributed by atoms with Crippen LogP contribution in [0.25, 0.3) is 0 Å². The fourth-order valence-electron chi connectivity index (χ4n) is 3.24. The molecular formula is C15H20BrN. The average molecular weight is 294 g/mol. The fourth-order valence-corrected chi connectivity index (χ4v) is 3.98. The van der Waals surface area contributed by atoms with Gasteiger partial charge in [0.2, 0.25) is 0 Å². The SMILES string of the molecule is CC1Cc2ccccc2N1CC1(CBr)CCC1. The van der Waals surface area contributed by atoms with Gasteiger partial charge in [0.1, 0.15) is 0 Å². The summed E-state index contributed by atoms with van der Waals surface area (Å²) in [5.41, 5.74) is 3.56. The number of halogens is 1. The van der Waals surface area contributed by atoms with Crippen LogP contribution >= 0.6 is 15.9 Å². The number of nitrogens with zero attached hydrogens (tertiary/aromatic N) is 1. The molecule has 0 radical (unpaired) electrons. The molecule has 1 saturated carbocycles. The molecule has 92 valence electrons. The highest BCUT2D eigenvalue weighted by atomic mass is 79.9. The minimum atomic E-state index is 0.547. The van der Waals surface area contributed by atoms with E-state index in [1.807, 2.05) is 0 Å². The van der Waals surface area contributed by atoms with E-state index < -0.39 is 0 Å². The van der Waals surface area contributed by atoms with Crippen LogP contribution in [0.4, 0.5) is 5.69 Å². The minimum Gasteiger partial charge on any atom is -0.368 e. The highest BCUT2D eigenvalue weighted by molar-refractivity contribution is 9.09. The highest BCUT2D eigenvalue weighted by Gasteiger charge is 2.40. The molecule has 1 atom stereocenters. The van der Waals surface area contributed by atoms with Crippen LogP contribution < -0.4 is 4.90 Å². The number of anilines is 1. The second-order valence-electron chi connectivity index (χ2n) is 5.80. The van der Waals surface area contributed by atoms with Crippen molar-refractivity contribution in [3.8, 4) is 0 Å². The summed E-state index contributed by atoms with van der Waals surface area (Å²) in [7, 11) is 0. The molecule has 0 bridgehead atoms. The molecule has 0 spiro atoms. The van der Waals surface area contributed by atoms with E-state index in [2.05, 4.69) is 52.0 Å². The van der Waals surface area contributed by atoms with Crippen LogP contribution in [0.15, 0.2) is 24.3 Å². The van der Waals surface area contributed by atoms with Gasteiger partial charge in [0.15, 0.2) is 0 Å². The number of benzene rings is 1. The third-order valence-corrected chi connectivity index (χ3v) is 5.74. The van der Waals surface area contributed by atoms with Gasteiger partial charge >= 0.3 is 0 Å². The van der Waals surface area contributed by atoms with Gasteiger partial charge in [0, 0.05) is 23.6 Å². The summed E-state index contributed by atoms with van der Waals surface area (Å²) in [4.78, 5) is 2.63. The lowest BCUT2D eigenvalue weighted by atomic mass is 9.70. The Kier molecular flexibility index (Phi) is 2.94. The van der Waals surface area contributed by atoms with Gasteiger partial charge in [-0.1, -0.05) is 40.5 Å². The molecule has 1 unspecified atom stereocenters. The Hall–Kier alpha value is -0.500. The average Bonchev–Trinajstić information content (AvgIpc) is 2.60. The highest BCUT2D eigenvalue weighted by Crippen LogP contribution is 2.45. The van der Waals surface area contributed by atoms with Gasteiger partial charge in [-0.3, -0.25) is 0 Å². The normalized spacial score (nSPS) is 25.5. The van der Waals surface area contributed by atoms with Crippen molar-refractivity contribution in [1.82, 2.24) is 0 Å². The molecule has 0 amide bonds. The number of fused-ring (bicyclic) bond motifs is 1. The zero-order valence-corrected chi connectivity index (χ0v) is 12.0. The molecule has 1 aliphatic carbocycles. The Bertz CT molecular complexity index is 406. The van der Waals surface area contributed by atoms with E-state index in [1.165, 1.54) is 43.5 Å². The van der Waals surface area contributed by atoms with Gasteiger partial charge in [-0.15, -0.1) is 0 Å². The Morgan fingerprint density at radius 2 is 2.12 bits per heavy atom. The fraction of sp³-hybridized carbons (Fsp3) is 0.600. The summed E-state index contributed by atoms with van der Waals surface area (Å²) in [6.45, 7) is 3.59. The van der Waals surface area contributed by atoms with Crippen molar-refractivity contribution < 1.29 is 0 Å². The summed E-state index contributed by atoms with van der Waals surface area (Å²) >= 11 is 3.72. The zero-order chi connectivity index (χ0) is 11.9. The summed E-state index contributed by atoms with van der Waals surface area (Å²) in [5.74, 6) is 0. The lowest BCUT2D eigenvalue weighted by Gasteiger charge is -2.45. The van der Waals surface area contributed by atoms with Crippen LogP contribution in [-0.2, 0) is 6.42 Å². The number of hydrogen-bond acceptors (Lipinski definition) is 1. The van der Waals surface area contributed by atoms with Gasteiger partial charge in [-0.2, -0.15) is 0 Å². The van der Waals surface area contributed by atoms with Gasteiger partial charge in [0.25, 0.3) is 0 Å². The Labute approximate surface area is 112 Å². The van der Waals surface area contributed by atoms with Crippen LogP contribution in [0.1, 0.15) is 31.7 Å². The molecule has 1 heterocycles. The van der Waals surface area contributed by atoms with Gasteiger partial charge in [-0.25, -0.2) is 0 Å². The van der Waals surface area contributed by atoms with E-state index in [1.54, 1.807) is 0 Å². The Morgan fingerprint density at radius 1 is 1.35 bits per heavy atom. The molecule has 1 aromatic carbocycles. The third-order valence-electron chi connectivity index (χ3n) is 4.55. The molecule has 0 saturated heterocycles. The van der Waals surface area contributed by atoms with Crippen LogP contribution in [-0.4, -0.2) is 17.9 Å². The Balaban J connectivity index is 1.83. The van der Waals surface area contributed by atoms with E-state index in [-0.39, 0.29) is 0 Å². The maximum absolute atomic E-state index is 3.72. The van der Waals surface area contributed by atoms with E-state index in [9.17, 15) is 0 Å². The van der Waals surface area contributed by atoms with Crippen molar-refractivity contribution in [3.63, 3.8) is 0 Å². The van der Waals surface area contributed by atoms with E-state index in [4.69, 9.17) is 0 Å². The molecule has 1 nitrogen and oxygen atoms in total. The topological polar surface area (TPSA) is 3.24 Å². The maximum atomic E-state index is 3.72. The zero-order valence-electron chi connectivity index (χ0n) is 10.5.